The van der Waals surface area contributed by atoms with Crippen molar-refractivity contribution in [2.45, 2.75) is 63.3 Å². The smallest absolute Gasteiger partial charge is 0.243 e. The van der Waals surface area contributed by atoms with Crippen LogP contribution in [0.2, 0.25) is 0 Å². The molecular weight excluding hydrogens is 514 g/mol. The van der Waals surface area contributed by atoms with Crippen LogP contribution in [-0.2, 0) is 32.7 Å². The zero-order valence-corrected chi connectivity index (χ0v) is 23.0. The minimum absolute atomic E-state index is 0.0433. The number of fused-ring (bicyclic) bond motifs is 3. The lowest BCUT2D eigenvalue weighted by Crippen LogP contribution is -2.47. The first kappa shape index (κ1) is 28.3. The highest BCUT2D eigenvalue weighted by Crippen LogP contribution is 2.33. The van der Waals surface area contributed by atoms with Crippen molar-refractivity contribution >= 4 is 15.9 Å². The van der Waals surface area contributed by atoms with Crippen LogP contribution in [0.3, 0.4) is 0 Å². The molecule has 1 aromatic carbocycles. The number of likely N-dealkylation sites (N-methyl/N-ethyl adjacent to an activating group) is 1. The van der Waals surface area contributed by atoms with Crippen molar-refractivity contribution in [3.63, 3.8) is 0 Å². The van der Waals surface area contributed by atoms with Crippen LogP contribution in [0.5, 0.6) is 11.5 Å². The summed E-state index contributed by atoms with van der Waals surface area (Å²) in [5.41, 5.74) is 0.627. The van der Waals surface area contributed by atoms with Gasteiger partial charge in [-0.25, -0.2) is 8.42 Å². The van der Waals surface area contributed by atoms with Crippen molar-refractivity contribution in [2.75, 3.05) is 40.0 Å². The van der Waals surface area contributed by atoms with Gasteiger partial charge in [0.25, 0.3) is 0 Å². The van der Waals surface area contributed by atoms with Gasteiger partial charge in [-0.3, -0.25) is 9.48 Å². The SMILES string of the molecule is C[C@@H]1CN([C@@H](C)CO)C(=O)CCCn2cc(nn2)CO[C@@H]1CN(C)S(=O)(=O)c1ccc2c(c1)OCCCO2. The van der Waals surface area contributed by atoms with Gasteiger partial charge in [-0.1, -0.05) is 12.1 Å². The molecule has 3 heterocycles. The van der Waals surface area contributed by atoms with Crippen molar-refractivity contribution in [2.24, 2.45) is 5.92 Å². The number of rotatable bonds is 6. The van der Waals surface area contributed by atoms with Crippen molar-refractivity contribution in [3.8, 4) is 11.5 Å². The van der Waals surface area contributed by atoms with Crippen molar-refractivity contribution < 1.29 is 32.5 Å². The van der Waals surface area contributed by atoms with Gasteiger partial charge < -0.3 is 24.2 Å². The molecule has 0 spiro atoms. The van der Waals surface area contributed by atoms with Crippen LogP contribution in [0, 0.1) is 5.92 Å². The number of nitrogens with zero attached hydrogens (tertiary/aromatic N) is 5. The Kier molecular flexibility index (Phi) is 9.23. The first-order chi connectivity index (χ1) is 18.2. The fourth-order valence-corrected chi connectivity index (χ4v) is 5.73. The molecule has 38 heavy (non-hydrogen) atoms. The lowest BCUT2D eigenvalue weighted by atomic mass is 10.0. The summed E-state index contributed by atoms with van der Waals surface area (Å²) in [4.78, 5) is 14.8. The molecule has 12 nitrogen and oxygen atoms in total. The Balaban J connectivity index is 1.57. The molecule has 2 aliphatic heterocycles. The third-order valence-corrected chi connectivity index (χ3v) is 8.73. The summed E-state index contributed by atoms with van der Waals surface area (Å²) in [7, 11) is -2.38. The molecule has 2 aromatic rings. The Bertz CT molecular complexity index is 1200. The van der Waals surface area contributed by atoms with Crippen molar-refractivity contribution in [3.05, 3.63) is 30.1 Å². The van der Waals surface area contributed by atoms with Gasteiger partial charge in [0.15, 0.2) is 11.5 Å². The maximum absolute atomic E-state index is 13.5. The van der Waals surface area contributed by atoms with E-state index in [1.807, 2.05) is 6.92 Å². The van der Waals surface area contributed by atoms with E-state index in [0.717, 1.165) is 6.42 Å². The third kappa shape index (κ3) is 6.63. The Morgan fingerprint density at radius 2 is 1.97 bits per heavy atom. The number of hydrogen-bond acceptors (Lipinski definition) is 9. The van der Waals surface area contributed by atoms with Crippen molar-refractivity contribution in [1.82, 2.24) is 24.2 Å². The van der Waals surface area contributed by atoms with Crippen LogP contribution < -0.4 is 9.47 Å². The quantitative estimate of drug-likeness (QED) is 0.563. The first-order valence-corrected chi connectivity index (χ1v) is 14.4. The second-order valence-electron chi connectivity index (χ2n) is 9.93. The Labute approximate surface area is 223 Å². The van der Waals surface area contributed by atoms with Crippen LogP contribution in [0.4, 0.5) is 0 Å². The summed E-state index contributed by atoms with van der Waals surface area (Å²) < 4.78 is 47.5. The Hall–Kier alpha value is -2.74. The molecule has 1 aromatic heterocycles. The fourth-order valence-electron chi connectivity index (χ4n) is 4.53. The van der Waals surface area contributed by atoms with Crippen LogP contribution in [-0.4, -0.2) is 95.7 Å². The summed E-state index contributed by atoms with van der Waals surface area (Å²) in [6.07, 6.45) is 2.82. The van der Waals surface area contributed by atoms with E-state index in [0.29, 0.717) is 56.3 Å². The van der Waals surface area contributed by atoms with Gasteiger partial charge in [0.2, 0.25) is 15.9 Å². The first-order valence-electron chi connectivity index (χ1n) is 13.0. The van der Waals surface area contributed by atoms with E-state index >= 15 is 0 Å². The number of ether oxygens (including phenoxy) is 3. The highest BCUT2D eigenvalue weighted by molar-refractivity contribution is 7.89. The van der Waals surface area contributed by atoms with Gasteiger partial charge >= 0.3 is 0 Å². The van der Waals surface area contributed by atoms with Crippen molar-refractivity contribution in [1.29, 1.82) is 0 Å². The van der Waals surface area contributed by atoms with Crippen LogP contribution in [0.1, 0.15) is 38.8 Å². The van der Waals surface area contributed by atoms with Gasteiger partial charge in [0, 0.05) is 51.5 Å². The van der Waals surface area contributed by atoms with Gasteiger partial charge in [-0.2, -0.15) is 4.31 Å². The molecule has 1 N–H and O–H groups in total. The van der Waals surface area contributed by atoms with E-state index in [9.17, 15) is 18.3 Å². The zero-order chi connectivity index (χ0) is 27.3. The second kappa shape index (κ2) is 12.4. The number of carbonyl (C=O) groups is 1. The summed E-state index contributed by atoms with van der Waals surface area (Å²) in [6.45, 7) is 5.54. The predicted octanol–water partition coefficient (Wildman–Crippen LogP) is 1.28. The molecule has 2 aliphatic rings. The van der Waals surface area contributed by atoms with E-state index in [1.165, 1.54) is 23.5 Å². The maximum atomic E-state index is 13.5. The predicted molar refractivity (Wildman–Crippen MR) is 137 cm³/mol. The van der Waals surface area contributed by atoms with Crippen LogP contribution >= 0.6 is 0 Å². The highest BCUT2D eigenvalue weighted by Gasteiger charge is 2.31. The molecule has 0 fully saturated rings. The Morgan fingerprint density at radius 1 is 1.21 bits per heavy atom. The number of aliphatic hydroxyl groups excluding tert-OH is 1. The molecule has 4 rings (SSSR count). The molecule has 0 aliphatic carbocycles. The number of amides is 1. The van der Waals surface area contributed by atoms with Gasteiger partial charge in [-0.15, -0.1) is 5.10 Å². The Morgan fingerprint density at radius 3 is 2.74 bits per heavy atom. The minimum atomic E-state index is -3.89. The summed E-state index contributed by atoms with van der Waals surface area (Å²) in [5.74, 6) is 0.598. The number of hydrogen-bond donors (Lipinski definition) is 1. The lowest BCUT2D eigenvalue weighted by molar-refractivity contribution is -0.136. The zero-order valence-electron chi connectivity index (χ0n) is 22.2. The summed E-state index contributed by atoms with van der Waals surface area (Å²) in [5, 5.41) is 18.0. The number of aromatic nitrogens is 3. The van der Waals surface area contributed by atoms with E-state index in [-0.39, 0.29) is 42.5 Å². The lowest BCUT2D eigenvalue weighted by Gasteiger charge is -2.35. The largest absolute Gasteiger partial charge is 0.490 e. The highest BCUT2D eigenvalue weighted by atomic mass is 32.2. The van der Waals surface area contributed by atoms with Gasteiger partial charge in [0.1, 0.15) is 5.69 Å². The third-order valence-electron chi connectivity index (χ3n) is 6.91. The normalized spacial score (nSPS) is 22.2. The summed E-state index contributed by atoms with van der Waals surface area (Å²) >= 11 is 0. The molecule has 0 saturated carbocycles. The number of sulfonamides is 1. The van der Waals surface area contributed by atoms with E-state index in [1.54, 1.807) is 28.8 Å². The number of carbonyl (C=O) groups excluding carboxylic acids is 1. The number of aliphatic hydroxyl groups is 1. The molecule has 1 amide bonds. The molecular formula is C25H37N5O7S. The number of aryl methyl sites for hydroxylation is 1. The molecule has 3 atom stereocenters. The topological polar surface area (TPSA) is 136 Å². The fraction of sp³-hybridized carbons (Fsp3) is 0.640. The van der Waals surface area contributed by atoms with E-state index < -0.39 is 16.1 Å². The molecule has 210 valence electrons. The molecule has 0 unspecified atom stereocenters. The minimum Gasteiger partial charge on any atom is -0.490 e. The average Bonchev–Trinajstić information content (AvgIpc) is 3.22. The van der Waals surface area contributed by atoms with Crippen LogP contribution in [0.15, 0.2) is 29.3 Å². The van der Waals surface area contributed by atoms with Gasteiger partial charge in [0.05, 0.1) is 49.7 Å². The molecule has 2 bridgehead atoms. The maximum Gasteiger partial charge on any atom is 0.243 e. The van der Waals surface area contributed by atoms with E-state index in [4.69, 9.17) is 14.2 Å². The summed E-state index contributed by atoms with van der Waals surface area (Å²) in [6, 6.07) is 4.23. The number of benzene rings is 1. The standard InChI is InChI=1S/C25H37N5O7S/c1-18-13-30(19(2)16-31)25(32)6-4-9-29-14-20(26-27-29)17-37-24(18)15-28(3)38(33,34)21-7-8-22-23(12-21)36-11-5-10-35-22/h7-8,12,14,18-19,24,31H,4-6,9-11,13,15-17H2,1-3H3/t18-,19+,24-/m1/s1. The molecule has 13 heteroatoms. The van der Waals surface area contributed by atoms with E-state index in [2.05, 4.69) is 10.3 Å². The monoisotopic (exact) mass is 551 g/mol. The molecule has 0 radical (unpaired) electrons. The van der Waals surface area contributed by atoms with Crippen LogP contribution in [0.25, 0.3) is 0 Å². The second-order valence-corrected chi connectivity index (χ2v) is 12.0. The average molecular weight is 552 g/mol. The molecule has 0 saturated heterocycles. The van der Waals surface area contributed by atoms with Gasteiger partial charge in [-0.05, 0) is 25.5 Å².